The van der Waals surface area contributed by atoms with Gasteiger partial charge in [0, 0.05) is 17.3 Å². The summed E-state index contributed by atoms with van der Waals surface area (Å²) in [5, 5.41) is 2.99. The third-order valence-electron chi connectivity index (χ3n) is 2.73. The topological polar surface area (TPSA) is 55.1 Å². The molecule has 0 bridgehead atoms. The second-order valence-electron chi connectivity index (χ2n) is 5.08. The molecule has 0 heterocycles. The van der Waals surface area contributed by atoms with Gasteiger partial charge < -0.3 is 11.1 Å². The first-order valence-electron chi connectivity index (χ1n) is 6.07. The van der Waals surface area contributed by atoms with Gasteiger partial charge in [0.25, 0.3) is 5.91 Å². The van der Waals surface area contributed by atoms with E-state index < -0.39 is 0 Å². The van der Waals surface area contributed by atoms with Crippen molar-refractivity contribution in [2.75, 3.05) is 5.73 Å². The van der Waals surface area contributed by atoms with Gasteiger partial charge in [-0.15, -0.1) is 0 Å². The fourth-order valence-electron chi connectivity index (χ4n) is 1.89. The molecule has 3 N–H and O–H groups in total. The molecule has 1 rings (SSSR count). The van der Waals surface area contributed by atoms with Crippen LogP contribution < -0.4 is 11.1 Å². The number of benzene rings is 1. The molecule has 1 amide bonds. The summed E-state index contributed by atoms with van der Waals surface area (Å²) in [5.74, 6) is 0.555. The van der Waals surface area contributed by atoms with Gasteiger partial charge >= 0.3 is 0 Å². The zero-order chi connectivity index (χ0) is 13.0. The number of carbonyl (C=O) groups is 1. The average molecular weight is 234 g/mol. The van der Waals surface area contributed by atoms with Crippen molar-refractivity contribution < 1.29 is 4.79 Å². The summed E-state index contributed by atoms with van der Waals surface area (Å²) in [5.41, 5.74) is 8.06. The molecule has 3 nitrogen and oxygen atoms in total. The lowest BCUT2D eigenvalue weighted by molar-refractivity contribution is 0.0936. The van der Waals surface area contributed by atoms with Crippen molar-refractivity contribution in [3.05, 3.63) is 29.3 Å². The molecule has 1 unspecified atom stereocenters. The van der Waals surface area contributed by atoms with E-state index in [4.69, 9.17) is 5.73 Å². The van der Waals surface area contributed by atoms with Crippen LogP contribution in [0.5, 0.6) is 0 Å². The van der Waals surface area contributed by atoms with Crippen molar-refractivity contribution in [1.29, 1.82) is 0 Å². The van der Waals surface area contributed by atoms with Gasteiger partial charge in [0.15, 0.2) is 0 Å². The van der Waals surface area contributed by atoms with E-state index in [1.54, 1.807) is 12.1 Å². The standard InChI is InChI=1S/C14H22N2O/c1-9(2)7-11(4)16-14(17)12-5-6-13(15)10(3)8-12/h5-6,8-9,11H,7,15H2,1-4H3,(H,16,17). The smallest absolute Gasteiger partial charge is 0.251 e. The first-order valence-corrected chi connectivity index (χ1v) is 6.07. The lowest BCUT2D eigenvalue weighted by Crippen LogP contribution is -2.33. The molecule has 94 valence electrons. The zero-order valence-electron chi connectivity index (χ0n) is 11.1. The number of anilines is 1. The quantitative estimate of drug-likeness (QED) is 0.787. The number of amides is 1. The highest BCUT2D eigenvalue weighted by atomic mass is 16.1. The molecular formula is C14H22N2O. The molecule has 1 atom stereocenters. The molecule has 1 aromatic rings. The van der Waals surface area contributed by atoms with Crippen molar-refractivity contribution in [1.82, 2.24) is 5.32 Å². The van der Waals surface area contributed by atoms with Gasteiger partial charge in [-0.3, -0.25) is 4.79 Å². The molecule has 0 saturated heterocycles. The maximum atomic E-state index is 11.9. The number of carbonyl (C=O) groups excluding carboxylic acids is 1. The van der Waals surface area contributed by atoms with Crippen molar-refractivity contribution in [2.24, 2.45) is 5.92 Å². The molecule has 17 heavy (non-hydrogen) atoms. The normalized spacial score (nSPS) is 12.5. The van der Waals surface area contributed by atoms with Crippen LogP contribution in [0.25, 0.3) is 0 Å². The van der Waals surface area contributed by atoms with E-state index in [9.17, 15) is 4.79 Å². The van der Waals surface area contributed by atoms with Crippen molar-refractivity contribution in [2.45, 2.75) is 40.2 Å². The highest BCUT2D eigenvalue weighted by Crippen LogP contribution is 2.13. The van der Waals surface area contributed by atoms with E-state index in [-0.39, 0.29) is 11.9 Å². The lowest BCUT2D eigenvalue weighted by atomic mass is 10.0. The molecule has 0 aliphatic heterocycles. The number of nitrogens with two attached hydrogens (primary N) is 1. The SMILES string of the molecule is Cc1cc(C(=O)NC(C)CC(C)C)ccc1N. The Labute approximate surface area is 103 Å². The predicted molar refractivity (Wildman–Crippen MR) is 72.0 cm³/mol. The minimum absolute atomic E-state index is 0.0266. The van der Waals surface area contributed by atoms with Crippen LogP contribution in [0.1, 0.15) is 43.1 Å². The van der Waals surface area contributed by atoms with Gasteiger partial charge in [-0.1, -0.05) is 13.8 Å². The number of hydrogen-bond donors (Lipinski definition) is 2. The second kappa shape index (κ2) is 5.71. The number of aryl methyl sites for hydroxylation is 1. The van der Waals surface area contributed by atoms with Gasteiger partial charge in [0.1, 0.15) is 0 Å². The van der Waals surface area contributed by atoms with Crippen molar-refractivity contribution in [3.8, 4) is 0 Å². The maximum Gasteiger partial charge on any atom is 0.251 e. The van der Waals surface area contributed by atoms with Gasteiger partial charge in [0.2, 0.25) is 0 Å². The van der Waals surface area contributed by atoms with Gasteiger partial charge in [-0.25, -0.2) is 0 Å². The second-order valence-corrected chi connectivity index (χ2v) is 5.08. The van der Waals surface area contributed by atoms with Gasteiger partial charge in [-0.2, -0.15) is 0 Å². The Bertz CT molecular complexity index is 399. The summed E-state index contributed by atoms with van der Waals surface area (Å²) in [4.78, 5) is 11.9. The Morgan fingerprint density at radius 1 is 1.35 bits per heavy atom. The van der Waals surface area contributed by atoms with E-state index in [2.05, 4.69) is 19.2 Å². The molecule has 0 fully saturated rings. The molecular weight excluding hydrogens is 212 g/mol. The molecule has 0 aliphatic carbocycles. The number of nitrogen functional groups attached to an aromatic ring is 1. The van der Waals surface area contributed by atoms with E-state index >= 15 is 0 Å². The minimum Gasteiger partial charge on any atom is -0.399 e. The zero-order valence-corrected chi connectivity index (χ0v) is 11.1. The Hall–Kier alpha value is -1.51. The largest absolute Gasteiger partial charge is 0.399 e. The molecule has 3 heteroatoms. The predicted octanol–water partition coefficient (Wildman–Crippen LogP) is 2.74. The Morgan fingerprint density at radius 3 is 2.53 bits per heavy atom. The maximum absolute atomic E-state index is 11.9. The third kappa shape index (κ3) is 4.10. The molecule has 0 aliphatic rings. The van der Waals surface area contributed by atoms with E-state index in [0.717, 1.165) is 17.7 Å². The first-order chi connectivity index (χ1) is 7.90. The molecule has 1 aromatic carbocycles. The average Bonchev–Trinajstić information content (AvgIpc) is 2.20. The number of hydrogen-bond acceptors (Lipinski definition) is 2. The van der Waals surface area contributed by atoms with Crippen LogP contribution in [0.3, 0.4) is 0 Å². The Morgan fingerprint density at radius 2 is 2.00 bits per heavy atom. The number of rotatable bonds is 4. The molecule has 0 radical (unpaired) electrons. The highest BCUT2D eigenvalue weighted by Gasteiger charge is 2.11. The summed E-state index contributed by atoms with van der Waals surface area (Å²) in [6, 6.07) is 5.56. The van der Waals surface area contributed by atoms with E-state index in [1.807, 2.05) is 19.9 Å². The summed E-state index contributed by atoms with van der Waals surface area (Å²) < 4.78 is 0. The monoisotopic (exact) mass is 234 g/mol. The van der Waals surface area contributed by atoms with Crippen LogP contribution in [-0.2, 0) is 0 Å². The van der Waals surface area contributed by atoms with Crippen LogP contribution in [-0.4, -0.2) is 11.9 Å². The first kappa shape index (κ1) is 13.6. The summed E-state index contributed by atoms with van der Waals surface area (Å²) in [7, 11) is 0. The summed E-state index contributed by atoms with van der Waals surface area (Å²) in [6.07, 6.45) is 0.986. The summed E-state index contributed by atoms with van der Waals surface area (Å²) >= 11 is 0. The molecule has 0 saturated carbocycles. The van der Waals surface area contributed by atoms with E-state index in [1.165, 1.54) is 0 Å². The van der Waals surface area contributed by atoms with Crippen molar-refractivity contribution >= 4 is 11.6 Å². The fourth-order valence-corrected chi connectivity index (χ4v) is 1.89. The van der Waals surface area contributed by atoms with Crippen LogP contribution in [0.4, 0.5) is 5.69 Å². The lowest BCUT2D eigenvalue weighted by Gasteiger charge is -2.16. The van der Waals surface area contributed by atoms with Crippen LogP contribution >= 0.6 is 0 Å². The minimum atomic E-state index is -0.0266. The van der Waals surface area contributed by atoms with Crippen LogP contribution in [0, 0.1) is 12.8 Å². The van der Waals surface area contributed by atoms with Crippen LogP contribution in [0.15, 0.2) is 18.2 Å². The summed E-state index contributed by atoms with van der Waals surface area (Å²) in [6.45, 7) is 8.23. The molecule has 0 aromatic heterocycles. The third-order valence-corrected chi connectivity index (χ3v) is 2.73. The fraction of sp³-hybridized carbons (Fsp3) is 0.500. The van der Waals surface area contributed by atoms with E-state index in [0.29, 0.717) is 11.5 Å². The Balaban J connectivity index is 2.66. The number of nitrogens with one attached hydrogen (secondary N) is 1. The van der Waals surface area contributed by atoms with Crippen LogP contribution in [0.2, 0.25) is 0 Å². The van der Waals surface area contributed by atoms with Gasteiger partial charge in [0.05, 0.1) is 0 Å². The molecule has 0 spiro atoms. The van der Waals surface area contributed by atoms with Crippen molar-refractivity contribution in [3.63, 3.8) is 0 Å². The Kier molecular flexibility index (Phi) is 4.55. The van der Waals surface area contributed by atoms with Gasteiger partial charge in [-0.05, 0) is 49.9 Å². The highest BCUT2D eigenvalue weighted by molar-refractivity contribution is 5.95.